The summed E-state index contributed by atoms with van der Waals surface area (Å²) in [5, 5.41) is 3.03. The summed E-state index contributed by atoms with van der Waals surface area (Å²) in [4.78, 5) is 0. The second-order valence-corrected chi connectivity index (χ2v) is 1.92. The Kier molecular flexibility index (Phi) is 8.70. The summed E-state index contributed by atoms with van der Waals surface area (Å²) < 4.78 is 9.86. The van der Waals surface area contributed by atoms with E-state index in [1.165, 1.54) is 0 Å². The lowest BCUT2D eigenvalue weighted by molar-refractivity contribution is 0.00787. The molecule has 0 saturated carbocycles. The predicted octanol–water partition coefficient (Wildman–Crippen LogP) is 0.723. The maximum Gasteiger partial charge on any atom is 0.106 e. The van der Waals surface area contributed by atoms with E-state index < -0.39 is 0 Å². The molecule has 0 aromatic rings. The maximum atomic E-state index is 4.93. The summed E-state index contributed by atoms with van der Waals surface area (Å²) in [7, 11) is 3.31. The van der Waals surface area contributed by atoms with Crippen LogP contribution in [-0.2, 0) is 9.47 Å². The minimum atomic E-state index is 0. The highest BCUT2D eigenvalue weighted by atomic mass is 16.5. The van der Waals surface area contributed by atoms with Gasteiger partial charge in [-0.05, 0) is 13.8 Å². The summed E-state index contributed by atoms with van der Waals surface area (Å²) >= 11 is 0. The van der Waals surface area contributed by atoms with E-state index in [0.29, 0.717) is 0 Å². The molecule has 64 valence electrons. The van der Waals surface area contributed by atoms with E-state index in [0.717, 1.165) is 0 Å². The minimum Gasteiger partial charge on any atom is -0.367 e. The van der Waals surface area contributed by atoms with Crippen LogP contribution >= 0.6 is 0 Å². The van der Waals surface area contributed by atoms with Crippen LogP contribution in [-0.4, -0.2) is 26.7 Å². The highest BCUT2D eigenvalue weighted by Crippen LogP contribution is 1.86. The van der Waals surface area contributed by atoms with Gasteiger partial charge < -0.3 is 15.6 Å². The molecule has 0 spiro atoms. The normalized spacial score (nSPS) is 15.6. The van der Waals surface area contributed by atoms with E-state index in [-0.39, 0.29) is 18.6 Å². The van der Waals surface area contributed by atoms with Crippen molar-refractivity contribution in [1.82, 2.24) is 11.5 Å². The van der Waals surface area contributed by atoms with E-state index in [1.54, 1.807) is 14.2 Å². The van der Waals surface area contributed by atoms with Crippen LogP contribution in [0.5, 0.6) is 0 Å². The molecule has 0 aromatic heterocycles. The lowest BCUT2D eigenvalue weighted by atomic mass is 10.5. The maximum absolute atomic E-state index is 4.93. The van der Waals surface area contributed by atoms with Crippen LogP contribution in [0.2, 0.25) is 0 Å². The molecule has 0 aliphatic carbocycles. The fraction of sp³-hybridized carbons (Fsp3) is 1.00. The van der Waals surface area contributed by atoms with Crippen LogP contribution < -0.4 is 11.5 Å². The Morgan fingerprint density at radius 1 is 1.00 bits per heavy atom. The average Bonchev–Trinajstić information content (AvgIpc) is 1.87. The first-order chi connectivity index (χ1) is 4.20. The third kappa shape index (κ3) is 5.97. The first-order valence-corrected chi connectivity index (χ1v) is 3.02. The summed E-state index contributed by atoms with van der Waals surface area (Å²) in [5.41, 5.74) is 0. The molecule has 0 fully saturated rings. The summed E-state index contributed by atoms with van der Waals surface area (Å²) in [6, 6.07) is 0. The fourth-order valence-electron chi connectivity index (χ4n) is 0.467. The topological polar surface area (TPSA) is 65.5 Å². The van der Waals surface area contributed by atoms with Gasteiger partial charge in [0.1, 0.15) is 12.5 Å². The molecule has 0 aliphatic rings. The molecule has 2 unspecified atom stereocenters. The Morgan fingerprint density at radius 3 is 1.50 bits per heavy atom. The van der Waals surface area contributed by atoms with Crippen LogP contribution in [0.3, 0.4) is 0 Å². The van der Waals surface area contributed by atoms with Gasteiger partial charge in [-0.15, -0.1) is 0 Å². The molecule has 0 heterocycles. The summed E-state index contributed by atoms with van der Waals surface area (Å²) in [5.74, 6) is 0. The van der Waals surface area contributed by atoms with Gasteiger partial charge in [0.25, 0.3) is 0 Å². The van der Waals surface area contributed by atoms with E-state index in [2.05, 4.69) is 5.32 Å². The largest absolute Gasteiger partial charge is 0.367 e. The molecule has 0 aromatic carbocycles. The van der Waals surface area contributed by atoms with Crippen molar-refractivity contribution >= 4 is 0 Å². The van der Waals surface area contributed by atoms with Gasteiger partial charge in [-0.1, -0.05) is 0 Å². The number of hydrogen-bond donors (Lipinski definition) is 2. The second kappa shape index (κ2) is 6.95. The van der Waals surface area contributed by atoms with Crippen LogP contribution in [0.15, 0.2) is 0 Å². The van der Waals surface area contributed by atoms with Gasteiger partial charge in [0, 0.05) is 14.2 Å². The predicted molar refractivity (Wildman–Crippen MR) is 41.1 cm³/mol. The molecule has 2 atom stereocenters. The molecule has 0 amide bonds. The molecule has 4 heteroatoms. The van der Waals surface area contributed by atoms with Crippen LogP contribution in [0, 0.1) is 0 Å². The van der Waals surface area contributed by atoms with Crippen LogP contribution in [0.1, 0.15) is 13.8 Å². The van der Waals surface area contributed by atoms with Crippen molar-refractivity contribution < 1.29 is 9.47 Å². The number of methoxy groups -OCH3 is 2. The Bertz CT molecular complexity index is 62.8. The third-order valence-electron chi connectivity index (χ3n) is 1.18. The quantitative estimate of drug-likeness (QED) is 0.580. The monoisotopic (exact) mass is 150 g/mol. The number of hydrogen-bond acceptors (Lipinski definition) is 4. The SMILES string of the molecule is COC(C)NC(C)OC.N. The lowest BCUT2D eigenvalue weighted by Crippen LogP contribution is -2.36. The minimum absolute atomic E-state index is 0. The standard InChI is InChI=1S/C6H15NO2.H3N/c1-5(8-3)7-6(2)9-4;/h5-7H,1-4H3;1H3. The van der Waals surface area contributed by atoms with Gasteiger partial charge in [-0.3, -0.25) is 5.32 Å². The van der Waals surface area contributed by atoms with Crippen LogP contribution in [0.4, 0.5) is 0 Å². The van der Waals surface area contributed by atoms with Gasteiger partial charge in [0.05, 0.1) is 0 Å². The van der Waals surface area contributed by atoms with Gasteiger partial charge in [-0.25, -0.2) is 0 Å². The van der Waals surface area contributed by atoms with E-state index in [4.69, 9.17) is 9.47 Å². The molecule has 0 saturated heterocycles. The smallest absolute Gasteiger partial charge is 0.106 e. The molecule has 0 rings (SSSR count). The first kappa shape index (κ1) is 12.5. The Balaban J connectivity index is 0. The number of ether oxygens (including phenoxy) is 2. The highest BCUT2D eigenvalue weighted by Gasteiger charge is 2.01. The van der Waals surface area contributed by atoms with E-state index in [9.17, 15) is 0 Å². The van der Waals surface area contributed by atoms with Crippen molar-refractivity contribution in [1.29, 1.82) is 0 Å². The van der Waals surface area contributed by atoms with Crippen LogP contribution in [0.25, 0.3) is 0 Å². The fourth-order valence-corrected chi connectivity index (χ4v) is 0.467. The third-order valence-corrected chi connectivity index (χ3v) is 1.18. The van der Waals surface area contributed by atoms with Gasteiger partial charge >= 0.3 is 0 Å². The van der Waals surface area contributed by atoms with Crippen molar-refractivity contribution in [3.8, 4) is 0 Å². The van der Waals surface area contributed by atoms with E-state index in [1.807, 2.05) is 13.8 Å². The van der Waals surface area contributed by atoms with Crippen molar-refractivity contribution in [2.24, 2.45) is 0 Å². The summed E-state index contributed by atoms with van der Waals surface area (Å²) in [6.45, 7) is 3.85. The second-order valence-electron chi connectivity index (χ2n) is 1.92. The van der Waals surface area contributed by atoms with E-state index >= 15 is 0 Å². The Morgan fingerprint density at radius 2 is 1.30 bits per heavy atom. The average molecular weight is 150 g/mol. The molecule has 4 nitrogen and oxygen atoms in total. The first-order valence-electron chi connectivity index (χ1n) is 3.02. The molecule has 0 radical (unpaired) electrons. The lowest BCUT2D eigenvalue weighted by Gasteiger charge is -2.16. The zero-order chi connectivity index (χ0) is 7.28. The number of rotatable bonds is 4. The zero-order valence-electron chi connectivity index (χ0n) is 7.18. The Hall–Kier alpha value is -0.160. The summed E-state index contributed by atoms with van der Waals surface area (Å²) in [6.07, 6.45) is 0.111. The van der Waals surface area contributed by atoms with Gasteiger partial charge in [-0.2, -0.15) is 0 Å². The molecule has 0 bridgehead atoms. The van der Waals surface area contributed by atoms with Crippen molar-refractivity contribution in [2.45, 2.75) is 26.3 Å². The Labute approximate surface area is 62.5 Å². The van der Waals surface area contributed by atoms with Gasteiger partial charge in [0.2, 0.25) is 0 Å². The van der Waals surface area contributed by atoms with Gasteiger partial charge in [0.15, 0.2) is 0 Å². The molecule has 10 heavy (non-hydrogen) atoms. The molecular weight excluding hydrogens is 132 g/mol. The van der Waals surface area contributed by atoms with Crippen molar-refractivity contribution in [3.63, 3.8) is 0 Å². The van der Waals surface area contributed by atoms with Crippen molar-refractivity contribution in [2.75, 3.05) is 14.2 Å². The molecule has 4 N–H and O–H groups in total. The molecule has 0 aliphatic heterocycles. The van der Waals surface area contributed by atoms with Crippen molar-refractivity contribution in [3.05, 3.63) is 0 Å². The number of nitrogens with one attached hydrogen (secondary N) is 1. The zero-order valence-corrected chi connectivity index (χ0v) is 7.18. The highest BCUT2D eigenvalue weighted by molar-refractivity contribution is 4.47. The molecular formula is C6H18N2O2.